The molecule has 0 atom stereocenters. The number of aromatic nitrogens is 2. The van der Waals surface area contributed by atoms with Crippen LogP contribution in [0.1, 0.15) is 19.8 Å². The lowest BCUT2D eigenvalue weighted by molar-refractivity contribution is -0.727. The molecule has 5 heteroatoms. The van der Waals surface area contributed by atoms with Gasteiger partial charge in [-0.05, 0) is 6.42 Å². The molecule has 0 unspecified atom stereocenters. The van der Waals surface area contributed by atoms with Crippen LogP contribution in [0.4, 0.5) is 13.2 Å². The van der Waals surface area contributed by atoms with E-state index in [4.69, 9.17) is 0 Å². The molecule has 0 aromatic carbocycles. The van der Waals surface area contributed by atoms with Crippen LogP contribution in [0.25, 0.3) is 0 Å². The zero-order valence-corrected chi connectivity index (χ0v) is 7.65. The average Bonchev–Trinajstić information content (AvgIpc) is 2.30. The van der Waals surface area contributed by atoms with Crippen LogP contribution in [0.15, 0.2) is 0 Å². The van der Waals surface area contributed by atoms with Crippen molar-refractivity contribution in [1.82, 2.24) is 4.57 Å². The maximum atomic E-state index is 13.1. The van der Waals surface area contributed by atoms with Gasteiger partial charge >= 0.3 is 18.0 Å². The summed E-state index contributed by atoms with van der Waals surface area (Å²) >= 11 is 0. The Hall–Kier alpha value is -1.00. The highest BCUT2D eigenvalue weighted by Crippen LogP contribution is 2.06. The minimum absolute atomic E-state index is 0.173. The van der Waals surface area contributed by atoms with Crippen molar-refractivity contribution in [3.05, 3.63) is 18.0 Å². The highest BCUT2D eigenvalue weighted by Gasteiger charge is 2.28. The van der Waals surface area contributed by atoms with Gasteiger partial charge in [-0.25, -0.2) is 0 Å². The number of hydrogen-bond donors (Lipinski definition) is 0. The molecule has 1 heterocycles. The zero-order valence-electron chi connectivity index (χ0n) is 7.65. The number of unbranched alkanes of at least 4 members (excludes halogenated alkanes) is 1. The number of rotatable bonds is 3. The smallest absolute Gasteiger partial charge is 0.173 e. The van der Waals surface area contributed by atoms with Crippen molar-refractivity contribution in [1.29, 1.82) is 0 Å². The molecule has 0 saturated carbocycles. The molecule has 0 aliphatic carbocycles. The number of hydrogen-bond acceptors (Lipinski definition) is 0. The predicted octanol–water partition coefficient (Wildman–Crippen LogP) is 1.53. The highest BCUT2D eigenvalue weighted by atomic mass is 19.2. The highest BCUT2D eigenvalue weighted by molar-refractivity contribution is 4.77. The maximum absolute atomic E-state index is 13.1. The standard InChI is InChI=1S/C8H12F3N2/c1-3-4-5-13-7(10)6(9)12(2)8(13)11/h3-5H2,1-2H3/q+1. The summed E-state index contributed by atoms with van der Waals surface area (Å²) in [5.74, 6) is -2.29. The van der Waals surface area contributed by atoms with E-state index in [1.54, 1.807) is 0 Å². The third-order valence-corrected chi connectivity index (χ3v) is 1.94. The number of halogens is 3. The monoisotopic (exact) mass is 193 g/mol. The quantitative estimate of drug-likeness (QED) is 0.644. The van der Waals surface area contributed by atoms with Crippen LogP contribution in [0.3, 0.4) is 0 Å². The van der Waals surface area contributed by atoms with E-state index in [9.17, 15) is 13.2 Å². The van der Waals surface area contributed by atoms with Crippen LogP contribution in [-0.4, -0.2) is 4.57 Å². The molecule has 0 fully saturated rings. The first-order valence-electron chi connectivity index (χ1n) is 4.18. The summed E-state index contributed by atoms with van der Waals surface area (Å²) in [6, 6.07) is 0. The van der Waals surface area contributed by atoms with Crippen LogP contribution in [0.2, 0.25) is 0 Å². The molecule has 0 bridgehead atoms. The third kappa shape index (κ3) is 1.68. The Morgan fingerprint density at radius 2 is 1.92 bits per heavy atom. The van der Waals surface area contributed by atoms with Gasteiger partial charge in [0.05, 0.1) is 13.6 Å². The molecule has 0 amide bonds. The van der Waals surface area contributed by atoms with E-state index >= 15 is 0 Å². The summed E-state index contributed by atoms with van der Waals surface area (Å²) in [4.78, 5) is 0. The van der Waals surface area contributed by atoms with E-state index in [1.165, 1.54) is 0 Å². The van der Waals surface area contributed by atoms with E-state index in [0.717, 1.165) is 13.5 Å². The summed E-state index contributed by atoms with van der Waals surface area (Å²) in [5.41, 5.74) is 0. The Kier molecular flexibility index (Phi) is 2.95. The SMILES string of the molecule is CCCCn1c(F)c(F)[n+](C)c1F. The first-order valence-corrected chi connectivity index (χ1v) is 4.18. The molecule has 0 spiro atoms. The minimum Gasteiger partial charge on any atom is -0.173 e. The van der Waals surface area contributed by atoms with Crippen molar-refractivity contribution in [2.75, 3.05) is 0 Å². The van der Waals surface area contributed by atoms with Gasteiger partial charge in [0, 0.05) is 0 Å². The fourth-order valence-corrected chi connectivity index (χ4v) is 1.10. The summed E-state index contributed by atoms with van der Waals surface area (Å²) in [6.45, 7) is 2.07. The van der Waals surface area contributed by atoms with Gasteiger partial charge in [-0.1, -0.05) is 13.3 Å². The Morgan fingerprint density at radius 3 is 2.31 bits per heavy atom. The topological polar surface area (TPSA) is 8.81 Å². The van der Waals surface area contributed by atoms with E-state index < -0.39 is 18.0 Å². The molecule has 0 aliphatic heterocycles. The van der Waals surface area contributed by atoms with E-state index in [2.05, 4.69) is 0 Å². The Labute approximate surface area is 74.6 Å². The summed E-state index contributed by atoms with van der Waals surface area (Å²) in [6.07, 6.45) is 0.549. The van der Waals surface area contributed by atoms with Crippen molar-refractivity contribution in [3.63, 3.8) is 0 Å². The lowest BCUT2D eigenvalue weighted by Crippen LogP contribution is -2.35. The average molecular weight is 193 g/mol. The van der Waals surface area contributed by atoms with Crippen molar-refractivity contribution in [2.24, 2.45) is 7.05 Å². The fraction of sp³-hybridized carbons (Fsp3) is 0.625. The van der Waals surface area contributed by atoms with E-state index in [0.29, 0.717) is 15.6 Å². The third-order valence-electron chi connectivity index (χ3n) is 1.94. The van der Waals surface area contributed by atoms with Crippen LogP contribution in [0.5, 0.6) is 0 Å². The first kappa shape index (κ1) is 10.1. The van der Waals surface area contributed by atoms with Gasteiger partial charge in [-0.15, -0.1) is 4.39 Å². The van der Waals surface area contributed by atoms with Crippen molar-refractivity contribution in [2.45, 2.75) is 26.3 Å². The maximum Gasteiger partial charge on any atom is 0.450 e. The molecule has 74 valence electrons. The van der Waals surface area contributed by atoms with Crippen molar-refractivity contribution in [3.8, 4) is 0 Å². The lowest BCUT2D eigenvalue weighted by atomic mass is 10.3. The Balaban J connectivity index is 2.99. The van der Waals surface area contributed by atoms with Crippen LogP contribution < -0.4 is 4.57 Å². The normalized spacial score (nSPS) is 10.8. The minimum atomic E-state index is -1.16. The summed E-state index contributed by atoms with van der Waals surface area (Å²) in [7, 11) is 1.15. The van der Waals surface area contributed by atoms with Crippen LogP contribution in [0, 0.1) is 18.0 Å². The summed E-state index contributed by atoms with van der Waals surface area (Å²) in [5, 5.41) is 0. The zero-order chi connectivity index (χ0) is 10.0. The van der Waals surface area contributed by atoms with Crippen molar-refractivity contribution < 1.29 is 17.7 Å². The Morgan fingerprint density at radius 1 is 1.31 bits per heavy atom. The van der Waals surface area contributed by atoms with Gasteiger partial charge in [0.2, 0.25) is 0 Å². The van der Waals surface area contributed by atoms with Gasteiger partial charge in [0.25, 0.3) is 0 Å². The predicted molar refractivity (Wildman–Crippen MR) is 40.4 cm³/mol. The lowest BCUT2D eigenvalue weighted by Gasteiger charge is -1.93. The van der Waals surface area contributed by atoms with E-state index in [-0.39, 0.29) is 6.54 Å². The second kappa shape index (κ2) is 3.81. The molecule has 0 radical (unpaired) electrons. The molecular formula is C8H12F3N2+. The van der Waals surface area contributed by atoms with Gasteiger partial charge in [-0.3, -0.25) is 0 Å². The summed E-state index contributed by atoms with van der Waals surface area (Å²) < 4.78 is 40.0. The molecule has 0 aliphatic rings. The van der Waals surface area contributed by atoms with Gasteiger partial charge in [0.15, 0.2) is 0 Å². The molecule has 1 aromatic heterocycles. The van der Waals surface area contributed by atoms with E-state index in [1.807, 2.05) is 6.92 Å². The van der Waals surface area contributed by atoms with Crippen LogP contribution in [-0.2, 0) is 13.6 Å². The number of nitrogens with zero attached hydrogens (tertiary/aromatic N) is 2. The largest absolute Gasteiger partial charge is 0.450 e. The second-order valence-corrected chi connectivity index (χ2v) is 2.91. The molecular weight excluding hydrogens is 181 g/mol. The van der Waals surface area contributed by atoms with Crippen LogP contribution >= 0.6 is 0 Å². The van der Waals surface area contributed by atoms with Gasteiger partial charge in [0.1, 0.15) is 0 Å². The van der Waals surface area contributed by atoms with Gasteiger partial charge < -0.3 is 0 Å². The second-order valence-electron chi connectivity index (χ2n) is 2.91. The number of imidazole rings is 1. The first-order chi connectivity index (χ1) is 6.09. The molecule has 2 nitrogen and oxygen atoms in total. The Bertz CT molecular complexity index is 281. The molecule has 0 N–H and O–H groups in total. The fourth-order valence-electron chi connectivity index (χ4n) is 1.10. The molecule has 13 heavy (non-hydrogen) atoms. The molecule has 1 rings (SSSR count). The molecule has 0 saturated heterocycles. The molecule has 1 aromatic rings. The van der Waals surface area contributed by atoms with Gasteiger partial charge in [-0.2, -0.15) is 17.9 Å². The van der Waals surface area contributed by atoms with Crippen molar-refractivity contribution >= 4 is 0 Å².